The summed E-state index contributed by atoms with van der Waals surface area (Å²) in [6.45, 7) is 9.37. The van der Waals surface area contributed by atoms with E-state index in [1.54, 1.807) is 27.7 Å². The Morgan fingerprint density at radius 1 is 1.16 bits per heavy atom. The van der Waals surface area contributed by atoms with Crippen molar-refractivity contribution in [3.63, 3.8) is 0 Å². The molecule has 0 aliphatic carbocycles. The van der Waals surface area contributed by atoms with Crippen molar-refractivity contribution in [1.82, 2.24) is 19.8 Å². The molecule has 1 N–H and O–H groups in total. The second-order valence-corrected chi connectivity index (χ2v) is 8.48. The highest BCUT2D eigenvalue weighted by Crippen LogP contribution is 2.23. The number of carbonyl (C=O) groups excluding carboxylic acids is 1. The van der Waals surface area contributed by atoms with Gasteiger partial charge in [0.1, 0.15) is 5.82 Å². The maximum atomic E-state index is 13.1. The van der Waals surface area contributed by atoms with Gasteiger partial charge in [-0.05, 0) is 43.5 Å². The van der Waals surface area contributed by atoms with Crippen molar-refractivity contribution >= 4 is 28.5 Å². The lowest BCUT2D eigenvalue weighted by Gasteiger charge is -2.31. The largest absolute Gasteiger partial charge is 0.334 e. The molecule has 7 heteroatoms. The topological polar surface area (TPSA) is 67.2 Å². The summed E-state index contributed by atoms with van der Waals surface area (Å²) in [6, 6.07) is 14.3. The zero-order valence-electron chi connectivity index (χ0n) is 18.4. The summed E-state index contributed by atoms with van der Waals surface area (Å²) < 4.78 is 1.64. The summed E-state index contributed by atoms with van der Waals surface area (Å²) >= 11 is 6.13. The third kappa shape index (κ3) is 5.25. The first-order chi connectivity index (χ1) is 14.8. The van der Waals surface area contributed by atoms with Gasteiger partial charge in [-0.1, -0.05) is 55.8 Å². The van der Waals surface area contributed by atoms with E-state index in [1.807, 2.05) is 44.2 Å². The zero-order valence-corrected chi connectivity index (χ0v) is 19.2. The molecule has 0 aliphatic rings. The van der Waals surface area contributed by atoms with Crippen molar-refractivity contribution in [2.24, 2.45) is 5.92 Å². The van der Waals surface area contributed by atoms with Crippen molar-refractivity contribution in [2.45, 2.75) is 46.8 Å². The highest BCUT2D eigenvalue weighted by atomic mass is 35.5. The van der Waals surface area contributed by atoms with Crippen LogP contribution in [0.5, 0.6) is 0 Å². The van der Waals surface area contributed by atoms with Gasteiger partial charge in [0.15, 0.2) is 0 Å². The van der Waals surface area contributed by atoms with Crippen LogP contribution in [0.4, 0.5) is 4.79 Å². The second kappa shape index (κ2) is 9.96. The smallest absolute Gasteiger partial charge is 0.318 e. The van der Waals surface area contributed by atoms with Crippen LogP contribution < -0.4 is 10.9 Å². The number of amides is 2. The first kappa shape index (κ1) is 22.8. The van der Waals surface area contributed by atoms with Crippen molar-refractivity contribution in [3.05, 3.63) is 75.3 Å². The minimum atomic E-state index is -0.394. The predicted octanol–water partition coefficient (Wildman–Crippen LogP) is 5.00. The Labute approximate surface area is 187 Å². The monoisotopic (exact) mass is 440 g/mol. The van der Waals surface area contributed by atoms with Gasteiger partial charge in [-0.3, -0.25) is 9.36 Å². The highest BCUT2D eigenvalue weighted by molar-refractivity contribution is 6.31. The van der Waals surface area contributed by atoms with Crippen LogP contribution in [-0.4, -0.2) is 27.0 Å². The van der Waals surface area contributed by atoms with Crippen LogP contribution in [0, 0.1) is 5.92 Å². The van der Waals surface area contributed by atoms with Gasteiger partial charge >= 0.3 is 6.03 Å². The fourth-order valence-electron chi connectivity index (χ4n) is 3.66. The van der Waals surface area contributed by atoms with E-state index in [1.165, 1.54) is 0 Å². The van der Waals surface area contributed by atoms with E-state index in [9.17, 15) is 9.59 Å². The molecule has 0 saturated heterocycles. The van der Waals surface area contributed by atoms with Crippen LogP contribution in [0.25, 0.3) is 10.9 Å². The molecule has 0 bridgehead atoms. The Bertz CT molecular complexity index is 1110. The molecule has 1 heterocycles. The summed E-state index contributed by atoms with van der Waals surface area (Å²) in [4.78, 5) is 32.7. The zero-order chi connectivity index (χ0) is 22.5. The van der Waals surface area contributed by atoms with Gasteiger partial charge in [0.25, 0.3) is 5.56 Å². The summed E-state index contributed by atoms with van der Waals surface area (Å²) in [5.41, 5.74) is 1.44. The number of rotatable bonds is 7. The third-order valence-corrected chi connectivity index (χ3v) is 5.45. The Morgan fingerprint density at radius 2 is 1.87 bits per heavy atom. The van der Waals surface area contributed by atoms with Gasteiger partial charge in [-0.25, -0.2) is 9.78 Å². The molecule has 1 unspecified atom stereocenters. The van der Waals surface area contributed by atoms with E-state index in [-0.39, 0.29) is 17.5 Å². The van der Waals surface area contributed by atoms with Crippen LogP contribution in [0.1, 0.15) is 45.1 Å². The van der Waals surface area contributed by atoms with Gasteiger partial charge < -0.3 is 10.2 Å². The lowest BCUT2D eigenvalue weighted by atomic mass is 10.1. The number of hydrogen-bond acceptors (Lipinski definition) is 3. The van der Waals surface area contributed by atoms with Crippen molar-refractivity contribution in [1.29, 1.82) is 0 Å². The van der Waals surface area contributed by atoms with E-state index in [0.29, 0.717) is 41.4 Å². The number of aromatic nitrogens is 2. The average Bonchev–Trinajstić information content (AvgIpc) is 2.75. The molecule has 0 radical (unpaired) electrons. The van der Waals surface area contributed by atoms with Crippen molar-refractivity contribution < 1.29 is 4.79 Å². The highest BCUT2D eigenvalue weighted by Gasteiger charge is 2.26. The molecule has 0 spiro atoms. The molecule has 0 fully saturated rings. The third-order valence-electron chi connectivity index (χ3n) is 5.21. The first-order valence-electron chi connectivity index (χ1n) is 10.6. The van der Waals surface area contributed by atoms with Gasteiger partial charge in [0.05, 0.1) is 16.9 Å². The molecule has 6 nitrogen and oxygen atoms in total. The molecule has 2 amide bonds. The van der Waals surface area contributed by atoms with E-state index in [0.717, 1.165) is 5.56 Å². The molecular weight excluding hydrogens is 412 g/mol. The Morgan fingerprint density at radius 3 is 2.52 bits per heavy atom. The minimum Gasteiger partial charge on any atom is -0.334 e. The van der Waals surface area contributed by atoms with Crippen LogP contribution in [0.15, 0.2) is 53.3 Å². The molecule has 164 valence electrons. The number of fused-ring (bicyclic) bond motifs is 1. The van der Waals surface area contributed by atoms with Crippen LogP contribution >= 0.6 is 11.6 Å². The van der Waals surface area contributed by atoms with Crippen molar-refractivity contribution in [3.8, 4) is 0 Å². The maximum absolute atomic E-state index is 13.1. The standard InChI is InChI=1S/C24H29ClN4O2/c1-5-28-22(27-21-13-19(25)11-12-20(21)23(28)30)17(4)29(15-16(2)3)24(31)26-14-18-9-7-6-8-10-18/h6-13,16-17H,5,14-15H2,1-4H3,(H,26,31). The number of carbonyl (C=O) groups is 1. The van der Waals surface area contributed by atoms with Gasteiger partial charge in [0.2, 0.25) is 0 Å². The number of nitrogens with zero attached hydrogens (tertiary/aromatic N) is 3. The SMILES string of the molecule is CCn1c(C(C)N(CC(C)C)C(=O)NCc2ccccc2)nc2cc(Cl)ccc2c1=O. The Balaban J connectivity index is 1.97. The molecule has 0 saturated carbocycles. The summed E-state index contributed by atoms with van der Waals surface area (Å²) in [6.07, 6.45) is 0. The van der Waals surface area contributed by atoms with E-state index in [4.69, 9.17) is 16.6 Å². The molecule has 31 heavy (non-hydrogen) atoms. The number of halogens is 1. The molecule has 0 aliphatic heterocycles. The predicted molar refractivity (Wildman–Crippen MR) is 125 cm³/mol. The van der Waals surface area contributed by atoms with Crippen molar-refractivity contribution in [2.75, 3.05) is 6.54 Å². The number of hydrogen-bond donors (Lipinski definition) is 1. The quantitative estimate of drug-likeness (QED) is 0.562. The van der Waals surface area contributed by atoms with E-state index < -0.39 is 6.04 Å². The van der Waals surface area contributed by atoms with E-state index >= 15 is 0 Å². The van der Waals surface area contributed by atoms with E-state index in [2.05, 4.69) is 19.2 Å². The minimum absolute atomic E-state index is 0.125. The van der Waals surface area contributed by atoms with Crippen LogP contribution in [-0.2, 0) is 13.1 Å². The number of nitrogens with one attached hydrogen (secondary N) is 1. The summed E-state index contributed by atoms with van der Waals surface area (Å²) in [7, 11) is 0. The summed E-state index contributed by atoms with van der Waals surface area (Å²) in [5, 5.41) is 4.04. The van der Waals surface area contributed by atoms with Crippen LogP contribution in [0.2, 0.25) is 5.02 Å². The second-order valence-electron chi connectivity index (χ2n) is 8.05. The fraction of sp³-hybridized carbons (Fsp3) is 0.375. The first-order valence-corrected chi connectivity index (χ1v) is 11.0. The molecule has 1 atom stereocenters. The number of benzene rings is 2. The maximum Gasteiger partial charge on any atom is 0.318 e. The lowest BCUT2D eigenvalue weighted by molar-refractivity contribution is 0.165. The molecule has 1 aromatic heterocycles. The van der Waals surface area contributed by atoms with Gasteiger partial charge in [0, 0.05) is 24.7 Å². The molecular formula is C24H29ClN4O2. The fourth-order valence-corrected chi connectivity index (χ4v) is 3.83. The van der Waals surface area contributed by atoms with Gasteiger partial charge in [-0.2, -0.15) is 0 Å². The lowest BCUT2D eigenvalue weighted by Crippen LogP contribution is -2.44. The molecule has 2 aromatic carbocycles. The van der Waals surface area contributed by atoms with Crippen LogP contribution in [0.3, 0.4) is 0 Å². The summed E-state index contributed by atoms with van der Waals surface area (Å²) in [5.74, 6) is 0.805. The Kier molecular flexibility index (Phi) is 7.33. The average molecular weight is 441 g/mol. The molecule has 3 rings (SSSR count). The van der Waals surface area contributed by atoms with Gasteiger partial charge in [-0.15, -0.1) is 0 Å². The number of urea groups is 1. The molecule has 3 aromatic rings. The normalized spacial score (nSPS) is 12.2. The Hall–Kier alpha value is -2.86.